The molecule has 10 heteroatoms. The number of nitrogens with one attached hydrogen (secondary N) is 2. The van der Waals surface area contributed by atoms with Crippen LogP contribution in [0.1, 0.15) is 36.0 Å². The van der Waals surface area contributed by atoms with Gasteiger partial charge in [-0.15, -0.1) is 0 Å². The van der Waals surface area contributed by atoms with Crippen LogP contribution in [-0.2, 0) is 7.05 Å². The number of pyridine rings is 1. The lowest BCUT2D eigenvalue weighted by atomic mass is 9.86. The molecule has 2 N–H and O–H groups in total. The Bertz CT molecular complexity index is 1090. The molecule has 0 aliphatic heterocycles. The van der Waals surface area contributed by atoms with E-state index in [-0.39, 0.29) is 11.9 Å². The van der Waals surface area contributed by atoms with E-state index in [1.165, 1.54) is 6.20 Å². The van der Waals surface area contributed by atoms with Gasteiger partial charge in [-0.1, -0.05) is 29.3 Å². The van der Waals surface area contributed by atoms with Crippen molar-refractivity contribution in [3.8, 4) is 0 Å². The third-order valence-electron chi connectivity index (χ3n) is 5.63. The van der Waals surface area contributed by atoms with E-state index in [0.717, 1.165) is 0 Å². The zero-order valence-electron chi connectivity index (χ0n) is 16.7. The zero-order chi connectivity index (χ0) is 22.1. The lowest BCUT2D eigenvalue weighted by Gasteiger charge is -2.28. The van der Waals surface area contributed by atoms with Gasteiger partial charge in [0.2, 0.25) is 12.4 Å². The number of halogens is 4. The number of nitrogens with zero attached hydrogens (tertiary/aromatic N) is 3. The largest absolute Gasteiger partial charge is 0.349 e. The molecule has 1 fully saturated rings. The summed E-state index contributed by atoms with van der Waals surface area (Å²) in [6.45, 7) is 0. The van der Waals surface area contributed by atoms with E-state index in [1.807, 2.05) is 0 Å². The van der Waals surface area contributed by atoms with E-state index >= 15 is 0 Å². The molecule has 0 saturated heterocycles. The van der Waals surface area contributed by atoms with Gasteiger partial charge in [0.25, 0.3) is 5.91 Å². The summed E-state index contributed by atoms with van der Waals surface area (Å²) < 4.78 is 27.4. The molecular formula is C21H21Cl2F2N5O. The number of carbonyl (C=O) groups is 1. The van der Waals surface area contributed by atoms with Crippen LogP contribution >= 0.6 is 23.2 Å². The molecule has 1 aliphatic rings. The molecule has 6 nitrogen and oxygen atoms in total. The van der Waals surface area contributed by atoms with E-state index in [9.17, 15) is 13.6 Å². The number of rotatable bonds is 5. The van der Waals surface area contributed by atoms with Crippen LogP contribution in [-0.4, -0.2) is 32.9 Å². The number of hydrogen-bond acceptors (Lipinski definition) is 4. The highest BCUT2D eigenvalue weighted by atomic mass is 35.5. The van der Waals surface area contributed by atoms with Gasteiger partial charge in [-0.25, -0.2) is 18.7 Å². The maximum Gasteiger partial charge on any atom is 0.253 e. The highest BCUT2D eigenvalue weighted by Gasteiger charge is 2.28. The van der Waals surface area contributed by atoms with Crippen molar-refractivity contribution in [2.75, 3.05) is 5.32 Å². The number of anilines is 2. The maximum atomic E-state index is 12.8. The second-order valence-corrected chi connectivity index (χ2v) is 8.52. The molecule has 2 heterocycles. The normalized spacial score (nSPS) is 19.0. The highest BCUT2D eigenvalue weighted by Crippen LogP contribution is 2.33. The molecule has 164 valence electrons. The van der Waals surface area contributed by atoms with Crippen LogP contribution in [0.5, 0.6) is 0 Å². The maximum absolute atomic E-state index is 12.8. The first-order valence-corrected chi connectivity index (χ1v) is 10.7. The van der Waals surface area contributed by atoms with Gasteiger partial charge in [0.05, 0.1) is 21.3 Å². The molecule has 1 saturated carbocycles. The Morgan fingerprint density at radius 1 is 1.19 bits per heavy atom. The Kier molecular flexibility index (Phi) is 6.29. The summed E-state index contributed by atoms with van der Waals surface area (Å²) in [4.78, 5) is 21.5. The molecular weight excluding hydrogens is 447 g/mol. The number of fused-ring (bicyclic) bond motifs is 1. The average Bonchev–Trinajstić information content (AvgIpc) is 3.06. The molecule has 1 aliphatic carbocycles. The third-order valence-corrected chi connectivity index (χ3v) is 6.26. The van der Waals surface area contributed by atoms with Gasteiger partial charge in [-0.05, 0) is 43.9 Å². The fraction of sp³-hybridized carbons (Fsp3) is 0.381. The van der Waals surface area contributed by atoms with E-state index in [0.29, 0.717) is 64.1 Å². The second kappa shape index (κ2) is 8.96. The molecule has 4 rings (SSSR count). The molecule has 2 aromatic heterocycles. The topological polar surface area (TPSA) is 71.8 Å². The Labute approximate surface area is 188 Å². The van der Waals surface area contributed by atoms with E-state index in [4.69, 9.17) is 23.2 Å². The summed E-state index contributed by atoms with van der Waals surface area (Å²) in [5, 5.41) is 6.94. The van der Waals surface area contributed by atoms with Gasteiger partial charge in [0.15, 0.2) is 5.65 Å². The lowest BCUT2D eigenvalue weighted by molar-refractivity contribution is 0.0499. The molecule has 0 radical (unpaired) electrons. The van der Waals surface area contributed by atoms with Crippen molar-refractivity contribution in [2.24, 2.45) is 13.0 Å². The number of carbonyl (C=O) groups excluding carboxylic acids is 1. The first-order valence-electron chi connectivity index (χ1n) is 9.96. The van der Waals surface area contributed by atoms with Crippen LogP contribution < -0.4 is 10.6 Å². The van der Waals surface area contributed by atoms with Gasteiger partial charge in [-0.3, -0.25) is 9.36 Å². The number of imidazole rings is 1. The SMILES string of the molecule is Cn1c(Nc2c(Cl)cccc2Cl)nc2cc(C(=O)NC3CCC(C(F)F)CC3)cnc21. The van der Waals surface area contributed by atoms with Crippen molar-refractivity contribution in [1.29, 1.82) is 0 Å². The molecule has 0 bridgehead atoms. The van der Waals surface area contributed by atoms with Crippen molar-refractivity contribution >= 4 is 51.9 Å². The number of benzene rings is 1. The summed E-state index contributed by atoms with van der Waals surface area (Å²) >= 11 is 12.4. The number of hydrogen-bond donors (Lipinski definition) is 2. The van der Waals surface area contributed by atoms with Crippen molar-refractivity contribution < 1.29 is 13.6 Å². The van der Waals surface area contributed by atoms with E-state index in [1.54, 1.807) is 35.9 Å². The van der Waals surface area contributed by atoms with Crippen LogP contribution in [0, 0.1) is 5.92 Å². The van der Waals surface area contributed by atoms with Crippen molar-refractivity contribution in [2.45, 2.75) is 38.2 Å². The predicted octanol–water partition coefficient (Wildman–Crippen LogP) is 5.57. The summed E-state index contributed by atoms with van der Waals surface area (Å²) in [7, 11) is 1.79. The third kappa shape index (κ3) is 4.60. The van der Waals surface area contributed by atoms with E-state index < -0.39 is 12.3 Å². The Hall–Kier alpha value is -2.45. The highest BCUT2D eigenvalue weighted by molar-refractivity contribution is 6.39. The summed E-state index contributed by atoms with van der Waals surface area (Å²) in [6, 6.07) is 6.72. The minimum Gasteiger partial charge on any atom is -0.349 e. The quantitative estimate of drug-likeness (QED) is 0.514. The Morgan fingerprint density at radius 2 is 1.87 bits per heavy atom. The van der Waals surface area contributed by atoms with Gasteiger partial charge in [-0.2, -0.15) is 0 Å². The first-order chi connectivity index (χ1) is 14.8. The van der Waals surface area contributed by atoms with Gasteiger partial charge in [0.1, 0.15) is 5.52 Å². The van der Waals surface area contributed by atoms with Gasteiger partial charge >= 0.3 is 0 Å². The fourth-order valence-corrected chi connectivity index (χ4v) is 4.32. The summed E-state index contributed by atoms with van der Waals surface area (Å²) in [5.74, 6) is -0.387. The van der Waals surface area contributed by atoms with Gasteiger partial charge in [0, 0.05) is 25.2 Å². The lowest BCUT2D eigenvalue weighted by Crippen LogP contribution is -2.38. The van der Waals surface area contributed by atoms with Gasteiger partial charge < -0.3 is 10.6 Å². The minimum atomic E-state index is -2.30. The van der Waals surface area contributed by atoms with E-state index in [2.05, 4.69) is 20.6 Å². The number of aryl methyl sites for hydroxylation is 1. The number of para-hydroxylation sites is 1. The second-order valence-electron chi connectivity index (χ2n) is 7.70. The molecule has 31 heavy (non-hydrogen) atoms. The molecule has 0 atom stereocenters. The minimum absolute atomic E-state index is 0.110. The Balaban J connectivity index is 1.50. The van der Waals surface area contributed by atoms with Crippen LogP contribution in [0.2, 0.25) is 10.0 Å². The number of aromatic nitrogens is 3. The average molecular weight is 468 g/mol. The molecule has 1 aromatic carbocycles. The molecule has 0 unspecified atom stereocenters. The first kappa shape index (κ1) is 21.8. The van der Waals surface area contributed by atoms with Crippen molar-refractivity contribution in [3.05, 3.63) is 46.1 Å². The predicted molar refractivity (Wildman–Crippen MR) is 117 cm³/mol. The molecule has 1 amide bonds. The smallest absolute Gasteiger partial charge is 0.253 e. The van der Waals surface area contributed by atoms with Crippen LogP contribution in [0.4, 0.5) is 20.4 Å². The van der Waals surface area contributed by atoms with Crippen molar-refractivity contribution in [3.63, 3.8) is 0 Å². The fourth-order valence-electron chi connectivity index (χ4n) is 3.83. The number of amides is 1. The number of alkyl halides is 2. The summed E-state index contributed by atoms with van der Waals surface area (Å²) in [6.07, 6.45) is 1.12. The van der Waals surface area contributed by atoms with Crippen LogP contribution in [0.3, 0.4) is 0 Å². The molecule has 3 aromatic rings. The zero-order valence-corrected chi connectivity index (χ0v) is 18.2. The monoisotopic (exact) mass is 467 g/mol. The van der Waals surface area contributed by atoms with Crippen LogP contribution in [0.25, 0.3) is 11.2 Å². The summed E-state index contributed by atoms with van der Waals surface area (Å²) in [5.41, 5.74) is 2.01. The standard InChI is InChI=1S/C21H21Cl2F2N5O/c1-30-19-16(28-21(30)29-17-14(22)3-2-4-15(17)23)9-12(10-26-19)20(31)27-13-7-5-11(6-8-13)18(24)25/h2-4,9-11,13,18H,5-8H2,1H3,(H,27,31)(H,28,29). The van der Waals surface area contributed by atoms with Crippen LogP contribution in [0.15, 0.2) is 30.5 Å². The Morgan fingerprint density at radius 3 is 2.52 bits per heavy atom. The molecule has 0 spiro atoms. The van der Waals surface area contributed by atoms with Crippen molar-refractivity contribution in [1.82, 2.24) is 19.9 Å².